The lowest BCUT2D eigenvalue weighted by Crippen LogP contribution is -2.22. The zero-order valence-electron chi connectivity index (χ0n) is 15.5. The van der Waals surface area contributed by atoms with Gasteiger partial charge in [-0.25, -0.2) is 4.39 Å². The Bertz CT molecular complexity index is 1060. The predicted octanol–water partition coefficient (Wildman–Crippen LogP) is 5.06. The van der Waals surface area contributed by atoms with Gasteiger partial charge in [-0.1, -0.05) is 41.9 Å². The SMILES string of the molecule is Cc1c(Cl)cccc1NC(=O)c1ccccc1OCC(=O)Nc1ccccc1F. The molecule has 0 radical (unpaired) electrons. The van der Waals surface area contributed by atoms with Gasteiger partial charge in [0, 0.05) is 10.7 Å². The van der Waals surface area contributed by atoms with Crippen molar-refractivity contribution in [2.24, 2.45) is 0 Å². The molecule has 5 nitrogen and oxygen atoms in total. The number of rotatable bonds is 6. The standard InChI is InChI=1S/C22H18ClFN2O3/c1-14-16(23)8-6-11-18(14)26-22(28)15-7-2-5-12-20(15)29-13-21(27)25-19-10-4-3-9-17(19)24/h2-12H,13H2,1H3,(H,25,27)(H,26,28). The lowest BCUT2D eigenvalue weighted by Gasteiger charge is -2.13. The lowest BCUT2D eigenvalue weighted by atomic mass is 10.1. The molecule has 0 aliphatic carbocycles. The molecule has 2 amide bonds. The second kappa shape index (κ2) is 9.21. The van der Waals surface area contributed by atoms with E-state index in [1.807, 2.05) is 0 Å². The summed E-state index contributed by atoms with van der Waals surface area (Å²) >= 11 is 6.09. The van der Waals surface area contributed by atoms with Crippen molar-refractivity contribution in [2.45, 2.75) is 6.92 Å². The van der Waals surface area contributed by atoms with Gasteiger partial charge < -0.3 is 15.4 Å². The Morgan fingerprint density at radius 1 is 0.931 bits per heavy atom. The third-order valence-electron chi connectivity index (χ3n) is 4.15. The molecule has 0 fully saturated rings. The summed E-state index contributed by atoms with van der Waals surface area (Å²) in [6.07, 6.45) is 0. The van der Waals surface area contributed by atoms with Gasteiger partial charge in [-0.05, 0) is 48.9 Å². The third kappa shape index (κ3) is 5.12. The molecule has 0 bridgehead atoms. The molecule has 2 N–H and O–H groups in total. The van der Waals surface area contributed by atoms with Crippen molar-refractivity contribution in [2.75, 3.05) is 17.2 Å². The Labute approximate surface area is 172 Å². The van der Waals surface area contributed by atoms with Crippen LogP contribution in [0.3, 0.4) is 0 Å². The van der Waals surface area contributed by atoms with Crippen LogP contribution in [0, 0.1) is 12.7 Å². The fourth-order valence-electron chi connectivity index (χ4n) is 2.60. The van der Waals surface area contributed by atoms with Crippen molar-refractivity contribution in [1.29, 1.82) is 0 Å². The van der Waals surface area contributed by atoms with Crippen molar-refractivity contribution < 1.29 is 18.7 Å². The molecule has 0 aromatic heterocycles. The zero-order chi connectivity index (χ0) is 20.8. The number of halogens is 2. The van der Waals surface area contributed by atoms with E-state index in [0.717, 1.165) is 5.56 Å². The van der Waals surface area contributed by atoms with E-state index in [1.165, 1.54) is 18.2 Å². The number of hydrogen-bond acceptors (Lipinski definition) is 3. The van der Waals surface area contributed by atoms with Gasteiger partial charge in [0.2, 0.25) is 0 Å². The topological polar surface area (TPSA) is 67.4 Å². The molecule has 0 saturated carbocycles. The van der Waals surface area contributed by atoms with Gasteiger partial charge in [0.15, 0.2) is 6.61 Å². The van der Waals surface area contributed by atoms with Crippen molar-refractivity contribution in [3.63, 3.8) is 0 Å². The third-order valence-corrected chi connectivity index (χ3v) is 4.56. The van der Waals surface area contributed by atoms with Crippen LogP contribution in [0.15, 0.2) is 66.7 Å². The van der Waals surface area contributed by atoms with Crippen LogP contribution in [0.25, 0.3) is 0 Å². The molecule has 3 rings (SSSR count). The molecular weight excluding hydrogens is 395 g/mol. The molecular formula is C22H18ClFN2O3. The molecule has 0 aliphatic heterocycles. The summed E-state index contributed by atoms with van der Waals surface area (Å²) in [5.74, 6) is -1.26. The van der Waals surface area contributed by atoms with E-state index in [2.05, 4.69) is 10.6 Å². The number of amides is 2. The molecule has 0 saturated heterocycles. The number of nitrogens with one attached hydrogen (secondary N) is 2. The first-order valence-corrected chi connectivity index (χ1v) is 9.16. The molecule has 3 aromatic rings. The molecule has 0 heterocycles. The maximum absolute atomic E-state index is 13.6. The number of para-hydroxylation sites is 2. The molecule has 3 aromatic carbocycles. The Hall–Kier alpha value is -3.38. The van der Waals surface area contributed by atoms with Crippen LogP contribution in [-0.2, 0) is 4.79 Å². The molecule has 0 atom stereocenters. The summed E-state index contributed by atoms with van der Waals surface area (Å²) < 4.78 is 19.1. The van der Waals surface area contributed by atoms with E-state index >= 15 is 0 Å². The van der Waals surface area contributed by atoms with Gasteiger partial charge in [0.05, 0.1) is 11.3 Å². The van der Waals surface area contributed by atoms with E-state index < -0.39 is 17.6 Å². The van der Waals surface area contributed by atoms with Crippen LogP contribution < -0.4 is 15.4 Å². The number of ether oxygens (including phenoxy) is 1. The van der Waals surface area contributed by atoms with Crippen LogP contribution in [0.1, 0.15) is 15.9 Å². The highest BCUT2D eigenvalue weighted by Crippen LogP contribution is 2.25. The Kier molecular flexibility index (Phi) is 6.46. The van der Waals surface area contributed by atoms with Gasteiger partial charge in [-0.15, -0.1) is 0 Å². The van der Waals surface area contributed by atoms with Gasteiger partial charge in [0.1, 0.15) is 11.6 Å². The van der Waals surface area contributed by atoms with Crippen LogP contribution in [0.4, 0.5) is 15.8 Å². The summed E-state index contributed by atoms with van der Waals surface area (Å²) in [5, 5.41) is 5.76. The number of benzene rings is 3. The Balaban J connectivity index is 1.68. The smallest absolute Gasteiger partial charge is 0.262 e. The van der Waals surface area contributed by atoms with E-state index in [9.17, 15) is 14.0 Å². The second-order valence-electron chi connectivity index (χ2n) is 6.18. The first-order valence-electron chi connectivity index (χ1n) is 8.78. The maximum atomic E-state index is 13.6. The second-order valence-corrected chi connectivity index (χ2v) is 6.59. The molecule has 29 heavy (non-hydrogen) atoms. The Morgan fingerprint density at radius 2 is 1.62 bits per heavy atom. The summed E-state index contributed by atoms with van der Waals surface area (Å²) in [7, 11) is 0. The average molecular weight is 413 g/mol. The summed E-state index contributed by atoms with van der Waals surface area (Å²) in [6, 6.07) is 17.6. The first kappa shape index (κ1) is 20.4. The van der Waals surface area contributed by atoms with Gasteiger partial charge >= 0.3 is 0 Å². The highest BCUT2D eigenvalue weighted by molar-refractivity contribution is 6.31. The van der Waals surface area contributed by atoms with Crippen molar-refractivity contribution >= 4 is 34.8 Å². The summed E-state index contributed by atoms with van der Waals surface area (Å²) in [4.78, 5) is 24.8. The number of carbonyl (C=O) groups excluding carboxylic acids is 2. The van der Waals surface area contributed by atoms with E-state index in [4.69, 9.17) is 16.3 Å². The van der Waals surface area contributed by atoms with E-state index in [-0.39, 0.29) is 23.6 Å². The minimum Gasteiger partial charge on any atom is -0.483 e. The van der Waals surface area contributed by atoms with Crippen molar-refractivity contribution in [3.8, 4) is 5.75 Å². The summed E-state index contributed by atoms with van der Waals surface area (Å²) in [5.41, 5.74) is 1.63. The van der Waals surface area contributed by atoms with E-state index in [1.54, 1.807) is 55.5 Å². The van der Waals surface area contributed by atoms with Crippen LogP contribution in [0.5, 0.6) is 5.75 Å². The summed E-state index contributed by atoms with van der Waals surface area (Å²) in [6.45, 7) is 1.42. The Morgan fingerprint density at radius 3 is 2.41 bits per heavy atom. The van der Waals surface area contributed by atoms with Crippen LogP contribution in [-0.4, -0.2) is 18.4 Å². The monoisotopic (exact) mass is 412 g/mol. The van der Waals surface area contributed by atoms with Gasteiger partial charge in [-0.2, -0.15) is 0 Å². The van der Waals surface area contributed by atoms with Crippen molar-refractivity contribution in [1.82, 2.24) is 0 Å². The largest absolute Gasteiger partial charge is 0.483 e. The molecule has 148 valence electrons. The number of anilines is 2. The highest BCUT2D eigenvalue weighted by Gasteiger charge is 2.15. The maximum Gasteiger partial charge on any atom is 0.262 e. The first-order chi connectivity index (χ1) is 14.0. The van der Waals surface area contributed by atoms with Crippen molar-refractivity contribution in [3.05, 3.63) is 88.7 Å². The average Bonchev–Trinajstić information content (AvgIpc) is 2.72. The fraction of sp³-hybridized carbons (Fsp3) is 0.0909. The van der Waals surface area contributed by atoms with E-state index in [0.29, 0.717) is 10.7 Å². The van der Waals surface area contributed by atoms with Crippen LogP contribution in [0.2, 0.25) is 5.02 Å². The highest BCUT2D eigenvalue weighted by atomic mass is 35.5. The molecule has 0 unspecified atom stereocenters. The lowest BCUT2D eigenvalue weighted by molar-refractivity contribution is -0.118. The predicted molar refractivity (Wildman–Crippen MR) is 111 cm³/mol. The minimum absolute atomic E-state index is 0.0589. The van der Waals surface area contributed by atoms with Gasteiger partial charge in [-0.3, -0.25) is 9.59 Å². The number of hydrogen-bond donors (Lipinski definition) is 2. The molecule has 7 heteroatoms. The fourth-order valence-corrected chi connectivity index (χ4v) is 2.78. The van der Waals surface area contributed by atoms with Gasteiger partial charge in [0.25, 0.3) is 11.8 Å². The van der Waals surface area contributed by atoms with Crippen LogP contribution >= 0.6 is 11.6 Å². The quantitative estimate of drug-likeness (QED) is 0.594. The molecule has 0 aliphatic rings. The zero-order valence-corrected chi connectivity index (χ0v) is 16.3. The molecule has 0 spiro atoms. The number of carbonyl (C=O) groups is 2. The minimum atomic E-state index is -0.545. The normalized spacial score (nSPS) is 10.3.